The van der Waals surface area contributed by atoms with Crippen molar-refractivity contribution in [3.63, 3.8) is 0 Å². The van der Waals surface area contributed by atoms with E-state index in [1.165, 1.54) is 4.70 Å². The van der Waals surface area contributed by atoms with Crippen LogP contribution in [0.2, 0.25) is 0 Å². The SMILES string of the molecule is Nc1ccc(-c2cccc3c(=O)cc(N4CCOCC4)oc23)c2sc3ccccc3c12.O=c1cc(N2CCOCC2)oc2c(-c3ccc(O)c4c3sc3ccccc34)cccc12. The van der Waals surface area contributed by atoms with Crippen LogP contribution in [-0.2, 0) is 9.47 Å². The van der Waals surface area contributed by atoms with Crippen molar-refractivity contribution in [3.05, 3.63) is 142 Å². The number of thiophene rings is 2. The Morgan fingerprint density at radius 2 is 0.952 bits per heavy atom. The second-order valence-corrected chi connectivity index (χ2v) is 17.5. The van der Waals surface area contributed by atoms with Gasteiger partial charge in [0.2, 0.25) is 0 Å². The third kappa shape index (κ3) is 6.54. The molecule has 12 rings (SSSR count). The minimum atomic E-state index is -0.0593. The Labute approximate surface area is 362 Å². The Hall–Kier alpha value is -6.70. The summed E-state index contributed by atoms with van der Waals surface area (Å²) in [5.41, 5.74) is 12.0. The Bertz CT molecular complexity index is 3260. The molecule has 0 saturated carbocycles. The topological polar surface area (TPSA) is 132 Å². The van der Waals surface area contributed by atoms with E-state index in [4.69, 9.17) is 24.0 Å². The molecule has 6 aromatic carbocycles. The lowest BCUT2D eigenvalue weighted by Gasteiger charge is -2.27. The zero-order chi connectivity index (χ0) is 41.9. The number of anilines is 3. The van der Waals surface area contributed by atoms with Crippen LogP contribution in [0.4, 0.5) is 17.5 Å². The zero-order valence-electron chi connectivity index (χ0n) is 33.4. The summed E-state index contributed by atoms with van der Waals surface area (Å²) < 4.78 is 28.0. The summed E-state index contributed by atoms with van der Waals surface area (Å²) in [6.45, 7) is 5.28. The van der Waals surface area contributed by atoms with Crippen molar-refractivity contribution < 1.29 is 23.4 Å². The van der Waals surface area contributed by atoms with Crippen LogP contribution in [0.3, 0.4) is 0 Å². The van der Waals surface area contributed by atoms with Gasteiger partial charge in [-0.25, -0.2) is 0 Å². The normalized spacial score (nSPS) is 14.6. The fraction of sp³-hybridized carbons (Fsp3) is 0.160. The molecular weight excluding hydrogens is 819 g/mol. The van der Waals surface area contributed by atoms with Crippen molar-refractivity contribution in [1.29, 1.82) is 0 Å². The Kier molecular flexibility index (Phi) is 9.65. The molecule has 2 aliphatic heterocycles. The highest BCUT2D eigenvalue weighted by molar-refractivity contribution is 7.26. The molecule has 2 fully saturated rings. The van der Waals surface area contributed by atoms with Gasteiger partial charge in [-0.15, -0.1) is 22.7 Å². The van der Waals surface area contributed by atoms with E-state index in [2.05, 4.69) is 23.1 Å². The number of hydrogen-bond donors (Lipinski definition) is 2. The summed E-state index contributed by atoms with van der Waals surface area (Å²) in [5.74, 6) is 1.42. The lowest BCUT2D eigenvalue weighted by atomic mass is 9.99. The van der Waals surface area contributed by atoms with Gasteiger partial charge >= 0.3 is 0 Å². The lowest BCUT2D eigenvalue weighted by molar-refractivity contribution is 0.120. The molecule has 2 aliphatic rings. The summed E-state index contributed by atoms with van der Waals surface area (Å²) in [5, 5.41) is 15.8. The third-order valence-electron chi connectivity index (χ3n) is 11.8. The maximum absolute atomic E-state index is 12.9. The molecule has 0 spiro atoms. The van der Waals surface area contributed by atoms with Crippen LogP contribution in [0.25, 0.3) is 84.5 Å². The van der Waals surface area contributed by atoms with Crippen molar-refractivity contribution in [2.75, 3.05) is 68.1 Å². The maximum Gasteiger partial charge on any atom is 0.200 e. The lowest BCUT2D eigenvalue weighted by Crippen LogP contribution is -2.36. The smallest absolute Gasteiger partial charge is 0.200 e. The molecule has 10 nitrogen and oxygen atoms in total. The van der Waals surface area contributed by atoms with Gasteiger partial charge in [0.25, 0.3) is 0 Å². The van der Waals surface area contributed by atoms with Crippen LogP contribution in [0.5, 0.6) is 5.75 Å². The van der Waals surface area contributed by atoms with E-state index < -0.39 is 0 Å². The van der Waals surface area contributed by atoms with Gasteiger partial charge in [0.05, 0.1) is 37.2 Å². The van der Waals surface area contributed by atoms with E-state index in [0.29, 0.717) is 86.3 Å². The third-order valence-corrected chi connectivity index (χ3v) is 14.2. The van der Waals surface area contributed by atoms with E-state index in [9.17, 15) is 14.7 Å². The number of phenolic OH excluding ortho intramolecular Hbond substituents is 1. The Morgan fingerprint density at radius 1 is 0.500 bits per heavy atom. The number of nitrogens with zero attached hydrogens (tertiary/aromatic N) is 2. The summed E-state index contributed by atoms with van der Waals surface area (Å²) in [4.78, 5) is 30.0. The molecule has 62 heavy (non-hydrogen) atoms. The van der Waals surface area contributed by atoms with E-state index in [0.717, 1.165) is 63.6 Å². The summed E-state index contributed by atoms with van der Waals surface area (Å²) >= 11 is 3.35. The van der Waals surface area contributed by atoms with E-state index in [-0.39, 0.29) is 16.6 Å². The molecule has 10 aromatic rings. The first-order valence-corrected chi connectivity index (χ1v) is 22.2. The number of para-hydroxylation sites is 2. The zero-order valence-corrected chi connectivity index (χ0v) is 35.0. The summed E-state index contributed by atoms with van der Waals surface area (Å²) in [6.07, 6.45) is 0. The molecule has 0 radical (unpaired) electrons. The van der Waals surface area contributed by atoms with Crippen molar-refractivity contribution in [2.24, 2.45) is 0 Å². The summed E-state index contributed by atoms with van der Waals surface area (Å²) in [6, 6.07) is 38.5. The van der Waals surface area contributed by atoms with Gasteiger partial charge in [-0.2, -0.15) is 0 Å². The molecule has 4 aromatic heterocycles. The largest absolute Gasteiger partial charge is 0.507 e. The molecule has 0 unspecified atom stereocenters. The predicted molar refractivity (Wildman–Crippen MR) is 254 cm³/mol. The van der Waals surface area contributed by atoms with Crippen LogP contribution in [0.15, 0.2) is 140 Å². The molecule has 12 heteroatoms. The van der Waals surface area contributed by atoms with Gasteiger partial charge in [0.1, 0.15) is 16.9 Å². The van der Waals surface area contributed by atoms with Crippen LogP contribution in [0.1, 0.15) is 0 Å². The van der Waals surface area contributed by atoms with Gasteiger partial charge in [0, 0.05) is 107 Å². The van der Waals surface area contributed by atoms with Crippen molar-refractivity contribution in [1.82, 2.24) is 0 Å². The molecule has 0 amide bonds. The minimum absolute atomic E-state index is 0.0346. The molecule has 0 bridgehead atoms. The minimum Gasteiger partial charge on any atom is -0.507 e. The van der Waals surface area contributed by atoms with Crippen LogP contribution >= 0.6 is 22.7 Å². The highest BCUT2D eigenvalue weighted by Crippen LogP contribution is 2.46. The first-order chi connectivity index (χ1) is 30.4. The van der Waals surface area contributed by atoms with E-state index in [1.54, 1.807) is 46.9 Å². The van der Waals surface area contributed by atoms with E-state index in [1.807, 2.05) is 83.8 Å². The highest BCUT2D eigenvalue weighted by atomic mass is 32.1. The first-order valence-electron chi connectivity index (χ1n) is 20.5. The number of ether oxygens (including phenoxy) is 2. The number of fused-ring (bicyclic) bond motifs is 8. The molecular formula is C50H39N3O7S2. The van der Waals surface area contributed by atoms with Gasteiger partial charge in [0.15, 0.2) is 22.6 Å². The predicted octanol–water partition coefficient (Wildman–Crippen LogP) is 10.6. The molecule has 6 heterocycles. The molecule has 3 N–H and O–H groups in total. The fourth-order valence-corrected chi connectivity index (χ4v) is 11.2. The average Bonchev–Trinajstić information content (AvgIpc) is 3.91. The molecule has 2 saturated heterocycles. The quantitative estimate of drug-likeness (QED) is 0.165. The first kappa shape index (κ1) is 38.2. The second-order valence-electron chi connectivity index (χ2n) is 15.4. The Morgan fingerprint density at radius 3 is 1.48 bits per heavy atom. The standard InChI is InChI=1S/C25H20N2O3S.C25H19NO4S/c26-19-9-8-16(25-23(19)18-4-1-2-7-21(18)31-25)15-5-3-6-17-20(28)14-22(30-24(15)17)27-10-12-29-13-11-27;27-19-9-8-16(25-23(19)18-4-1-2-7-21(18)31-25)15-5-3-6-17-20(28)14-22(30-24(15)17)26-10-12-29-13-11-26/h1-9,14H,10-13,26H2;1-9,14,27H,10-13H2. The summed E-state index contributed by atoms with van der Waals surface area (Å²) in [7, 11) is 0. The number of phenols is 1. The monoisotopic (exact) mass is 857 g/mol. The average molecular weight is 858 g/mol. The van der Waals surface area contributed by atoms with Crippen molar-refractivity contribution in [2.45, 2.75) is 0 Å². The second kappa shape index (κ2) is 15.6. The van der Waals surface area contributed by atoms with Crippen molar-refractivity contribution >= 4 is 102 Å². The fourth-order valence-electron chi connectivity index (χ4n) is 8.72. The van der Waals surface area contributed by atoms with Gasteiger partial charge < -0.3 is 38.9 Å². The van der Waals surface area contributed by atoms with Crippen LogP contribution < -0.4 is 26.4 Å². The van der Waals surface area contributed by atoms with Gasteiger partial charge in [-0.3, -0.25) is 9.59 Å². The molecule has 0 atom stereocenters. The maximum atomic E-state index is 12.9. The Balaban J connectivity index is 0.000000139. The van der Waals surface area contributed by atoms with Gasteiger partial charge in [-0.05, 0) is 42.5 Å². The highest BCUT2D eigenvalue weighted by Gasteiger charge is 2.22. The number of benzene rings is 6. The number of aromatic hydroxyl groups is 1. The number of morpholine rings is 2. The van der Waals surface area contributed by atoms with Crippen molar-refractivity contribution in [3.8, 4) is 28.0 Å². The number of nitrogens with two attached hydrogens (primary N) is 1. The van der Waals surface area contributed by atoms with Crippen LogP contribution in [0, 0.1) is 0 Å². The number of nitrogen functional groups attached to an aromatic ring is 1. The van der Waals surface area contributed by atoms with Crippen LogP contribution in [-0.4, -0.2) is 57.7 Å². The molecule has 0 aliphatic carbocycles. The van der Waals surface area contributed by atoms with E-state index >= 15 is 0 Å². The number of rotatable bonds is 4. The molecule has 308 valence electrons. The van der Waals surface area contributed by atoms with Gasteiger partial charge in [-0.1, -0.05) is 66.7 Å². The number of hydrogen-bond acceptors (Lipinski definition) is 12.